The molecule has 1 aromatic carbocycles. The van der Waals surface area contributed by atoms with Gasteiger partial charge in [0.25, 0.3) is 0 Å². The summed E-state index contributed by atoms with van der Waals surface area (Å²) in [5.74, 6) is -2.10. The Bertz CT molecular complexity index is 802. The van der Waals surface area contributed by atoms with Crippen molar-refractivity contribution in [3.8, 4) is 0 Å². The van der Waals surface area contributed by atoms with Gasteiger partial charge < -0.3 is 29.4 Å². The number of benzene rings is 1. The van der Waals surface area contributed by atoms with Crippen LogP contribution in [0.4, 0.5) is 4.79 Å². The number of ether oxygens (including phenoxy) is 4. The molecule has 1 amide bonds. The molecule has 1 aromatic rings. The molecule has 4 atom stereocenters. The van der Waals surface area contributed by atoms with E-state index in [0.717, 1.165) is 17.9 Å². The maximum Gasteiger partial charge on any atom is 0.408 e. The predicted molar refractivity (Wildman–Crippen MR) is 115 cm³/mol. The molecule has 0 spiro atoms. The first-order valence-corrected chi connectivity index (χ1v) is 10.4. The minimum atomic E-state index is -1.16. The number of aliphatic carboxylic acids is 1. The number of rotatable bonds is 6. The minimum Gasteiger partial charge on any atom is -0.494 e. The predicted octanol–water partition coefficient (Wildman–Crippen LogP) is 2.68. The van der Waals surface area contributed by atoms with Crippen LogP contribution in [0.25, 0.3) is 0 Å². The molecule has 1 saturated heterocycles. The summed E-state index contributed by atoms with van der Waals surface area (Å²) in [6, 6.07) is 8.59. The minimum absolute atomic E-state index is 0.103. The van der Waals surface area contributed by atoms with E-state index in [1.54, 1.807) is 27.7 Å². The third-order valence-corrected chi connectivity index (χ3v) is 4.61. The average molecular weight is 450 g/mol. The van der Waals surface area contributed by atoms with Gasteiger partial charge in [-0.25, -0.2) is 14.4 Å². The van der Waals surface area contributed by atoms with E-state index in [2.05, 4.69) is 5.32 Å². The van der Waals surface area contributed by atoms with Gasteiger partial charge in [0.15, 0.2) is 6.04 Å². The van der Waals surface area contributed by atoms with Gasteiger partial charge in [0.1, 0.15) is 17.8 Å². The molecule has 32 heavy (non-hydrogen) atoms. The Balaban J connectivity index is 2.19. The lowest BCUT2D eigenvalue weighted by Crippen LogP contribution is -2.47. The van der Waals surface area contributed by atoms with Crippen molar-refractivity contribution in [2.75, 3.05) is 13.2 Å². The second-order valence-electron chi connectivity index (χ2n) is 8.57. The first kappa shape index (κ1) is 25.2. The molecule has 1 aliphatic rings. The Morgan fingerprint density at radius 1 is 1.22 bits per heavy atom. The molecular weight excluding hydrogens is 418 g/mol. The fraction of sp³-hybridized carbons (Fsp3) is 0.522. The topological polar surface area (TPSA) is 120 Å². The lowest BCUT2D eigenvalue weighted by molar-refractivity contribution is -0.157. The number of amides is 1. The quantitative estimate of drug-likeness (QED) is 0.386. The number of carboxylic acids is 1. The van der Waals surface area contributed by atoms with E-state index < -0.39 is 41.9 Å². The number of hydrogen-bond acceptors (Lipinski definition) is 7. The molecule has 0 bridgehead atoms. The van der Waals surface area contributed by atoms with Gasteiger partial charge in [-0.3, -0.25) is 0 Å². The molecular formula is C23H31NO8. The van der Waals surface area contributed by atoms with Crippen LogP contribution in [0, 0.1) is 5.92 Å². The van der Waals surface area contributed by atoms with Crippen LogP contribution in [0.15, 0.2) is 42.7 Å². The highest BCUT2D eigenvalue weighted by Gasteiger charge is 2.36. The van der Waals surface area contributed by atoms with E-state index in [1.165, 1.54) is 0 Å². The molecule has 9 heteroatoms. The molecule has 2 N–H and O–H groups in total. The highest BCUT2D eigenvalue weighted by Crippen LogP contribution is 2.23. The van der Waals surface area contributed by atoms with Crippen molar-refractivity contribution >= 4 is 18.0 Å². The number of alkyl carbamates (subject to hydrolysis) is 1. The molecule has 0 saturated carbocycles. The van der Waals surface area contributed by atoms with Gasteiger partial charge in [0, 0.05) is 5.92 Å². The SMILES string of the molecule is C[C@@H]1OC(=O)[C@@H](NC(=O)OC(C)(C)C)COC[C@H](Cc2ccccc2)[C@H]1O/C=C/C(=O)O. The van der Waals surface area contributed by atoms with E-state index in [0.29, 0.717) is 6.42 Å². The smallest absolute Gasteiger partial charge is 0.408 e. The van der Waals surface area contributed by atoms with E-state index in [1.807, 2.05) is 30.3 Å². The van der Waals surface area contributed by atoms with E-state index >= 15 is 0 Å². The summed E-state index contributed by atoms with van der Waals surface area (Å²) in [7, 11) is 0. The summed E-state index contributed by atoms with van der Waals surface area (Å²) >= 11 is 0. The Morgan fingerprint density at radius 3 is 2.53 bits per heavy atom. The van der Waals surface area contributed by atoms with Crippen LogP contribution >= 0.6 is 0 Å². The summed E-state index contributed by atoms with van der Waals surface area (Å²) in [5, 5.41) is 11.4. The number of nitrogens with one attached hydrogen (secondary N) is 1. The average Bonchev–Trinajstić information content (AvgIpc) is 2.72. The zero-order valence-electron chi connectivity index (χ0n) is 18.8. The van der Waals surface area contributed by atoms with Crippen LogP contribution in [0.2, 0.25) is 0 Å². The number of esters is 1. The number of carbonyl (C=O) groups is 3. The lowest BCUT2D eigenvalue weighted by Gasteiger charge is -2.30. The van der Waals surface area contributed by atoms with Crippen molar-refractivity contribution in [3.63, 3.8) is 0 Å². The van der Waals surface area contributed by atoms with Crippen LogP contribution in [0.5, 0.6) is 0 Å². The Hall–Kier alpha value is -3.07. The fourth-order valence-corrected chi connectivity index (χ4v) is 3.27. The molecule has 0 aromatic heterocycles. The third kappa shape index (κ3) is 8.58. The van der Waals surface area contributed by atoms with Crippen molar-refractivity contribution in [2.24, 2.45) is 5.92 Å². The van der Waals surface area contributed by atoms with Crippen molar-refractivity contribution in [1.29, 1.82) is 0 Å². The summed E-state index contributed by atoms with van der Waals surface area (Å²) in [5.41, 5.74) is 0.301. The summed E-state index contributed by atoms with van der Waals surface area (Å²) in [6.45, 7) is 6.90. The molecule has 0 aliphatic carbocycles. The van der Waals surface area contributed by atoms with Gasteiger partial charge in [-0.1, -0.05) is 30.3 Å². The van der Waals surface area contributed by atoms with Crippen LogP contribution in [0.1, 0.15) is 33.3 Å². The maximum absolute atomic E-state index is 12.7. The summed E-state index contributed by atoms with van der Waals surface area (Å²) in [6.07, 6.45) is 0.332. The molecule has 1 fully saturated rings. The second kappa shape index (κ2) is 11.5. The van der Waals surface area contributed by atoms with Crippen molar-refractivity contribution in [3.05, 3.63) is 48.2 Å². The third-order valence-electron chi connectivity index (χ3n) is 4.61. The zero-order valence-corrected chi connectivity index (χ0v) is 18.8. The van der Waals surface area contributed by atoms with Gasteiger partial charge in [-0.2, -0.15) is 0 Å². The number of hydrogen-bond donors (Lipinski definition) is 2. The summed E-state index contributed by atoms with van der Waals surface area (Å²) in [4.78, 5) is 35.7. The molecule has 0 unspecified atom stereocenters. The van der Waals surface area contributed by atoms with Gasteiger partial charge in [0.2, 0.25) is 0 Å². The number of carbonyl (C=O) groups excluding carboxylic acids is 2. The molecule has 0 radical (unpaired) electrons. The standard InChI is InChI=1S/C23H31NO8/c1-15-20(30-11-10-19(25)26)17(12-16-8-6-5-7-9-16)13-29-14-18(21(27)31-15)24-22(28)32-23(2,3)4/h5-11,15,17-18,20H,12-14H2,1-4H3,(H,24,28)(H,25,26)/b11-10+/t15-,17-,18-,20-/m0/s1. The van der Waals surface area contributed by atoms with Gasteiger partial charge in [-0.05, 0) is 39.7 Å². The fourth-order valence-electron chi connectivity index (χ4n) is 3.27. The van der Waals surface area contributed by atoms with Crippen molar-refractivity contribution in [2.45, 2.75) is 58.0 Å². The van der Waals surface area contributed by atoms with Crippen LogP contribution in [-0.4, -0.2) is 60.2 Å². The van der Waals surface area contributed by atoms with Crippen LogP contribution in [0.3, 0.4) is 0 Å². The zero-order chi connectivity index (χ0) is 23.7. The van der Waals surface area contributed by atoms with E-state index in [9.17, 15) is 14.4 Å². The Labute approximate surface area is 187 Å². The van der Waals surface area contributed by atoms with Gasteiger partial charge in [0.05, 0.1) is 25.6 Å². The first-order chi connectivity index (χ1) is 15.0. The Kier molecular flexibility index (Phi) is 9.07. The normalized spacial score (nSPS) is 24.6. The van der Waals surface area contributed by atoms with Gasteiger partial charge in [-0.15, -0.1) is 0 Å². The number of cyclic esters (lactones) is 1. The summed E-state index contributed by atoms with van der Waals surface area (Å²) < 4.78 is 22.2. The van der Waals surface area contributed by atoms with Crippen LogP contribution in [-0.2, 0) is 35.0 Å². The number of carboxylic acid groups (broad SMARTS) is 1. The van der Waals surface area contributed by atoms with Gasteiger partial charge >= 0.3 is 18.0 Å². The molecule has 2 rings (SSSR count). The molecule has 176 valence electrons. The highest BCUT2D eigenvalue weighted by atomic mass is 16.6. The van der Waals surface area contributed by atoms with E-state index in [4.69, 9.17) is 24.1 Å². The Morgan fingerprint density at radius 2 is 1.91 bits per heavy atom. The van der Waals surface area contributed by atoms with E-state index in [-0.39, 0.29) is 19.1 Å². The molecule has 1 aliphatic heterocycles. The maximum atomic E-state index is 12.7. The largest absolute Gasteiger partial charge is 0.494 e. The molecule has 9 nitrogen and oxygen atoms in total. The van der Waals surface area contributed by atoms with Crippen molar-refractivity contribution in [1.82, 2.24) is 5.32 Å². The first-order valence-electron chi connectivity index (χ1n) is 10.4. The van der Waals surface area contributed by atoms with Crippen LogP contribution < -0.4 is 5.32 Å². The van der Waals surface area contributed by atoms with Crippen molar-refractivity contribution < 1.29 is 38.4 Å². The molecule has 1 heterocycles. The highest BCUT2D eigenvalue weighted by molar-refractivity contribution is 5.81. The second-order valence-corrected chi connectivity index (χ2v) is 8.57. The monoisotopic (exact) mass is 449 g/mol. The lowest BCUT2D eigenvalue weighted by atomic mass is 9.91.